The van der Waals surface area contributed by atoms with Crippen molar-refractivity contribution in [3.05, 3.63) is 63.6 Å². The zero-order valence-corrected chi connectivity index (χ0v) is 11.7. The van der Waals surface area contributed by atoms with Crippen LogP contribution in [0.2, 0.25) is 0 Å². The normalized spacial score (nSPS) is 12.3. The fraction of sp³-hybridized carbons (Fsp3) is 0.143. The average Bonchev–Trinajstić information content (AvgIpc) is 2.36. The van der Waals surface area contributed by atoms with Crippen LogP contribution in [0.5, 0.6) is 5.75 Å². The van der Waals surface area contributed by atoms with E-state index in [9.17, 15) is 8.78 Å². The van der Waals surface area contributed by atoms with E-state index in [0.717, 1.165) is 10.5 Å². The maximum Gasteiger partial charge on any atom is 0.126 e. The second kappa shape index (κ2) is 5.67. The van der Waals surface area contributed by atoms with Crippen LogP contribution in [0.15, 0.2) is 40.9 Å². The fourth-order valence-corrected chi connectivity index (χ4v) is 2.22. The Hall–Kier alpha value is -1.46. The van der Waals surface area contributed by atoms with Gasteiger partial charge in [-0.05, 0) is 29.8 Å². The highest BCUT2D eigenvalue weighted by atomic mass is 79.9. The summed E-state index contributed by atoms with van der Waals surface area (Å²) in [7, 11) is 1.52. The van der Waals surface area contributed by atoms with Crippen LogP contribution in [0.3, 0.4) is 0 Å². The monoisotopic (exact) mass is 327 g/mol. The van der Waals surface area contributed by atoms with Crippen molar-refractivity contribution in [3.8, 4) is 5.75 Å². The van der Waals surface area contributed by atoms with E-state index in [4.69, 9.17) is 10.5 Å². The Morgan fingerprint density at radius 3 is 2.32 bits per heavy atom. The standard InChI is InChI=1S/C14H12BrF2NO/c1-19-13-6-9(15)2-3-12(13)14(18)8-4-10(16)7-11(17)5-8/h2-7,14H,18H2,1H3. The third kappa shape index (κ3) is 3.11. The fourth-order valence-electron chi connectivity index (χ4n) is 1.88. The Kier molecular flexibility index (Phi) is 4.17. The minimum absolute atomic E-state index is 0.359. The quantitative estimate of drug-likeness (QED) is 0.931. The molecule has 100 valence electrons. The maximum absolute atomic E-state index is 13.2. The van der Waals surface area contributed by atoms with Crippen LogP contribution in [0.25, 0.3) is 0 Å². The van der Waals surface area contributed by atoms with Gasteiger partial charge >= 0.3 is 0 Å². The molecule has 2 aromatic rings. The van der Waals surface area contributed by atoms with Crippen LogP contribution >= 0.6 is 15.9 Å². The predicted molar refractivity (Wildman–Crippen MR) is 73.1 cm³/mol. The molecule has 0 heterocycles. The molecule has 0 bridgehead atoms. The van der Waals surface area contributed by atoms with E-state index >= 15 is 0 Å². The Morgan fingerprint density at radius 1 is 1.11 bits per heavy atom. The molecular weight excluding hydrogens is 316 g/mol. The third-order valence-electron chi connectivity index (χ3n) is 2.77. The maximum atomic E-state index is 13.2. The molecule has 2 rings (SSSR count). The summed E-state index contributed by atoms with van der Waals surface area (Å²) in [6, 6.07) is 7.90. The van der Waals surface area contributed by atoms with Gasteiger partial charge in [-0.1, -0.05) is 22.0 Å². The summed E-state index contributed by atoms with van der Waals surface area (Å²) in [4.78, 5) is 0. The molecule has 0 saturated heterocycles. The SMILES string of the molecule is COc1cc(Br)ccc1C(N)c1cc(F)cc(F)c1. The van der Waals surface area contributed by atoms with E-state index < -0.39 is 17.7 Å². The molecule has 1 atom stereocenters. The first kappa shape index (κ1) is 14.0. The number of hydrogen-bond acceptors (Lipinski definition) is 2. The molecular formula is C14H12BrF2NO. The van der Waals surface area contributed by atoms with Crippen LogP contribution in [-0.4, -0.2) is 7.11 Å². The summed E-state index contributed by atoms with van der Waals surface area (Å²) < 4.78 is 32.5. The lowest BCUT2D eigenvalue weighted by Gasteiger charge is -2.16. The van der Waals surface area contributed by atoms with Gasteiger partial charge in [0.15, 0.2) is 0 Å². The van der Waals surface area contributed by atoms with Crippen molar-refractivity contribution in [3.63, 3.8) is 0 Å². The highest BCUT2D eigenvalue weighted by Gasteiger charge is 2.16. The lowest BCUT2D eigenvalue weighted by molar-refractivity contribution is 0.407. The van der Waals surface area contributed by atoms with Gasteiger partial charge in [-0.25, -0.2) is 8.78 Å². The number of ether oxygens (including phenoxy) is 1. The van der Waals surface area contributed by atoms with Gasteiger partial charge in [-0.15, -0.1) is 0 Å². The van der Waals surface area contributed by atoms with Crippen LogP contribution in [0.1, 0.15) is 17.2 Å². The molecule has 19 heavy (non-hydrogen) atoms. The third-order valence-corrected chi connectivity index (χ3v) is 3.27. The minimum atomic E-state index is -0.659. The van der Waals surface area contributed by atoms with Gasteiger partial charge in [-0.3, -0.25) is 0 Å². The van der Waals surface area contributed by atoms with Gasteiger partial charge in [0.2, 0.25) is 0 Å². The van der Waals surface area contributed by atoms with Gasteiger partial charge in [0.25, 0.3) is 0 Å². The predicted octanol–water partition coefficient (Wildman–Crippen LogP) is 3.78. The lowest BCUT2D eigenvalue weighted by atomic mass is 9.98. The molecule has 0 aliphatic carbocycles. The second-order valence-corrected chi connectivity index (χ2v) is 4.98. The van der Waals surface area contributed by atoms with Gasteiger partial charge in [0, 0.05) is 16.1 Å². The first-order valence-corrected chi connectivity index (χ1v) is 6.35. The Morgan fingerprint density at radius 2 is 1.74 bits per heavy atom. The average molecular weight is 328 g/mol. The van der Waals surface area contributed by atoms with Crippen molar-refractivity contribution >= 4 is 15.9 Å². The van der Waals surface area contributed by atoms with Crippen molar-refractivity contribution < 1.29 is 13.5 Å². The second-order valence-electron chi connectivity index (χ2n) is 4.07. The lowest BCUT2D eigenvalue weighted by Crippen LogP contribution is -2.13. The molecule has 2 aromatic carbocycles. The number of halogens is 3. The van der Waals surface area contributed by atoms with Crippen LogP contribution in [-0.2, 0) is 0 Å². The van der Waals surface area contributed by atoms with Crippen molar-refractivity contribution in [1.29, 1.82) is 0 Å². The zero-order valence-electron chi connectivity index (χ0n) is 10.2. The van der Waals surface area contributed by atoms with Crippen molar-refractivity contribution in [1.82, 2.24) is 0 Å². The molecule has 0 aliphatic rings. The summed E-state index contributed by atoms with van der Waals surface area (Å²) in [6.45, 7) is 0. The number of rotatable bonds is 3. The van der Waals surface area contributed by atoms with Crippen molar-refractivity contribution in [2.45, 2.75) is 6.04 Å². The molecule has 2 N–H and O–H groups in total. The van der Waals surface area contributed by atoms with Gasteiger partial charge in [0.1, 0.15) is 17.4 Å². The minimum Gasteiger partial charge on any atom is -0.496 e. The first-order chi connectivity index (χ1) is 9.01. The number of benzene rings is 2. The molecule has 2 nitrogen and oxygen atoms in total. The Bertz CT molecular complexity index is 584. The van der Waals surface area contributed by atoms with Gasteiger partial charge < -0.3 is 10.5 Å². The van der Waals surface area contributed by atoms with Gasteiger partial charge in [0.05, 0.1) is 13.2 Å². The van der Waals surface area contributed by atoms with Crippen LogP contribution in [0, 0.1) is 11.6 Å². The molecule has 1 unspecified atom stereocenters. The van der Waals surface area contributed by atoms with Crippen LogP contribution < -0.4 is 10.5 Å². The summed E-state index contributed by atoms with van der Waals surface area (Å²) in [5.41, 5.74) is 7.07. The number of hydrogen-bond donors (Lipinski definition) is 1. The summed E-state index contributed by atoms with van der Waals surface area (Å²) >= 11 is 3.32. The molecule has 0 saturated carbocycles. The van der Waals surface area contributed by atoms with E-state index in [0.29, 0.717) is 16.9 Å². The van der Waals surface area contributed by atoms with Crippen molar-refractivity contribution in [2.24, 2.45) is 5.73 Å². The highest BCUT2D eigenvalue weighted by Crippen LogP contribution is 2.31. The Labute approximate surface area is 118 Å². The highest BCUT2D eigenvalue weighted by molar-refractivity contribution is 9.10. The van der Waals surface area contributed by atoms with Crippen molar-refractivity contribution in [2.75, 3.05) is 7.11 Å². The van der Waals surface area contributed by atoms with E-state index in [1.165, 1.54) is 19.2 Å². The summed E-state index contributed by atoms with van der Waals surface area (Å²) in [5, 5.41) is 0. The van der Waals surface area contributed by atoms with Gasteiger partial charge in [-0.2, -0.15) is 0 Å². The zero-order chi connectivity index (χ0) is 14.0. The van der Waals surface area contributed by atoms with E-state index in [2.05, 4.69) is 15.9 Å². The number of methoxy groups -OCH3 is 1. The van der Waals surface area contributed by atoms with E-state index in [-0.39, 0.29) is 0 Å². The molecule has 0 amide bonds. The first-order valence-electron chi connectivity index (χ1n) is 5.56. The van der Waals surface area contributed by atoms with E-state index in [1.807, 2.05) is 0 Å². The molecule has 0 spiro atoms. The molecule has 0 aliphatic heterocycles. The molecule has 0 radical (unpaired) electrons. The molecule has 0 fully saturated rings. The molecule has 5 heteroatoms. The largest absolute Gasteiger partial charge is 0.496 e. The summed E-state index contributed by atoms with van der Waals surface area (Å²) in [6.07, 6.45) is 0. The van der Waals surface area contributed by atoms with E-state index in [1.54, 1.807) is 18.2 Å². The van der Waals surface area contributed by atoms with Crippen LogP contribution in [0.4, 0.5) is 8.78 Å². The summed E-state index contributed by atoms with van der Waals surface area (Å²) in [5.74, 6) is -0.741. The smallest absolute Gasteiger partial charge is 0.126 e. The topological polar surface area (TPSA) is 35.2 Å². The Balaban J connectivity index is 2.46. The molecule has 0 aromatic heterocycles. The number of nitrogens with two attached hydrogens (primary N) is 1.